The lowest BCUT2D eigenvalue weighted by molar-refractivity contribution is 0.268. The van der Waals surface area contributed by atoms with Gasteiger partial charge in [0.15, 0.2) is 8.32 Å². The van der Waals surface area contributed by atoms with Gasteiger partial charge in [0.2, 0.25) is 0 Å². The lowest BCUT2D eigenvalue weighted by atomic mass is 10.2. The molecule has 1 saturated heterocycles. The smallest absolute Gasteiger partial charge is 0.192 e. The predicted molar refractivity (Wildman–Crippen MR) is 83.8 cm³/mol. The Morgan fingerprint density at radius 2 is 1.84 bits per heavy atom. The maximum absolute atomic E-state index is 6.28. The summed E-state index contributed by atoms with van der Waals surface area (Å²) in [6.07, 6.45) is 0. The lowest BCUT2D eigenvalue weighted by Gasteiger charge is -2.36. The summed E-state index contributed by atoms with van der Waals surface area (Å²) in [5.74, 6) is 0. The van der Waals surface area contributed by atoms with E-state index in [1.807, 2.05) is 0 Å². The molecule has 2 nitrogen and oxygen atoms in total. The molecule has 0 aliphatic carbocycles. The van der Waals surface area contributed by atoms with Gasteiger partial charge in [-0.05, 0) is 23.7 Å². The van der Waals surface area contributed by atoms with Gasteiger partial charge >= 0.3 is 0 Å². The highest BCUT2D eigenvalue weighted by atomic mass is 28.4. The quantitative estimate of drug-likeness (QED) is 0.598. The highest BCUT2D eigenvalue weighted by molar-refractivity contribution is 6.74. The number of benzene rings is 1. The van der Waals surface area contributed by atoms with E-state index >= 15 is 0 Å². The molecule has 2 atom stereocenters. The molecule has 1 aromatic carbocycles. The Morgan fingerprint density at radius 3 is 2.42 bits per heavy atom. The minimum atomic E-state index is -1.58. The zero-order chi connectivity index (χ0) is 14.1. The van der Waals surface area contributed by atoms with E-state index < -0.39 is 8.32 Å². The lowest BCUT2D eigenvalue weighted by Crippen LogP contribution is -2.41. The molecule has 0 saturated carbocycles. The zero-order valence-corrected chi connectivity index (χ0v) is 13.9. The first-order valence-corrected chi connectivity index (χ1v) is 10.1. The highest BCUT2D eigenvalue weighted by Crippen LogP contribution is 2.37. The summed E-state index contributed by atoms with van der Waals surface area (Å²) in [6, 6.07) is 11.3. The van der Waals surface area contributed by atoms with Crippen molar-refractivity contribution >= 4 is 8.32 Å². The van der Waals surface area contributed by atoms with Gasteiger partial charge in [-0.3, -0.25) is 4.90 Å². The van der Waals surface area contributed by atoms with Gasteiger partial charge < -0.3 is 4.43 Å². The van der Waals surface area contributed by atoms with E-state index in [0.29, 0.717) is 11.1 Å². The van der Waals surface area contributed by atoms with Crippen molar-refractivity contribution in [1.82, 2.24) is 4.90 Å². The van der Waals surface area contributed by atoms with Crippen molar-refractivity contribution in [3.05, 3.63) is 35.9 Å². The van der Waals surface area contributed by atoms with Crippen LogP contribution in [0.15, 0.2) is 30.3 Å². The standard InChI is InChI=1S/C16H27NOSi/c1-16(2,3)19(4,5)18-13-15-12-17(15)11-14-9-7-6-8-10-14/h6-10,15H,11-13H2,1-5H3. The van der Waals surface area contributed by atoms with E-state index in [1.54, 1.807) is 0 Å². The molecular formula is C16H27NOSi. The largest absolute Gasteiger partial charge is 0.415 e. The Morgan fingerprint density at radius 1 is 1.21 bits per heavy atom. The molecule has 3 heteroatoms. The molecule has 106 valence electrons. The van der Waals surface area contributed by atoms with Gasteiger partial charge in [0.25, 0.3) is 0 Å². The van der Waals surface area contributed by atoms with Crippen molar-refractivity contribution in [3.8, 4) is 0 Å². The molecule has 0 N–H and O–H groups in total. The molecule has 19 heavy (non-hydrogen) atoms. The molecule has 0 radical (unpaired) electrons. The fourth-order valence-electron chi connectivity index (χ4n) is 1.91. The van der Waals surface area contributed by atoms with Crippen LogP contribution in [0.2, 0.25) is 18.1 Å². The van der Waals surface area contributed by atoms with Gasteiger partial charge in [-0.1, -0.05) is 51.1 Å². The van der Waals surface area contributed by atoms with Crippen LogP contribution in [0.3, 0.4) is 0 Å². The molecule has 2 unspecified atom stereocenters. The predicted octanol–water partition coefficient (Wildman–Crippen LogP) is 3.89. The van der Waals surface area contributed by atoms with Crippen molar-refractivity contribution in [1.29, 1.82) is 0 Å². The van der Waals surface area contributed by atoms with Crippen LogP contribution in [-0.4, -0.2) is 32.4 Å². The average Bonchev–Trinajstić information content (AvgIpc) is 3.05. The molecule has 2 rings (SSSR count). The van der Waals surface area contributed by atoms with Crippen LogP contribution in [0.1, 0.15) is 26.3 Å². The molecule has 0 aromatic heterocycles. The summed E-state index contributed by atoms with van der Waals surface area (Å²) < 4.78 is 6.28. The summed E-state index contributed by atoms with van der Waals surface area (Å²) in [6.45, 7) is 14.7. The van der Waals surface area contributed by atoms with E-state index in [0.717, 1.165) is 13.2 Å². The third-order valence-electron chi connectivity index (χ3n) is 4.50. The Labute approximate surface area is 118 Å². The fraction of sp³-hybridized carbons (Fsp3) is 0.625. The van der Waals surface area contributed by atoms with Crippen LogP contribution >= 0.6 is 0 Å². The van der Waals surface area contributed by atoms with E-state index in [-0.39, 0.29) is 0 Å². The molecule has 0 bridgehead atoms. The first kappa shape index (κ1) is 14.8. The monoisotopic (exact) mass is 277 g/mol. The second-order valence-corrected chi connectivity index (χ2v) is 11.9. The van der Waals surface area contributed by atoms with E-state index in [9.17, 15) is 0 Å². The molecule has 1 aliphatic rings. The van der Waals surface area contributed by atoms with Crippen molar-refractivity contribution in [2.45, 2.75) is 51.5 Å². The normalized spacial score (nSPS) is 23.4. The van der Waals surface area contributed by atoms with E-state index in [4.69, 9.17) is 4.43 Å². The van der Waals surface area contributed by atoms with Crippen molar-refractivity contribution in [3.63, 3.8) is 0 Å². The fourth-order valence-corrected chi connectivity index (χ4v) is 2.96. The van der Waals surface area contributed by atoms with Gasteiger partial charge in [-0.2, -0.15) is 0 Å². The number of rotatable bonds is 5. The van der Waals surface area contributed by atoms with Crippen LogP contribution < -0.4 is 0 Å². The minimum absolute atomic E-state index is 0.312. The number of nitrogens with zero attached hydrogens (tertiary/aromatic N) is 1. The van der Waals surface area contributed by atoms with Crippen LogP contribution in [0, 0.1) is 0 Å². The molecule has 1 fully saturated rings. The van der Waals surface area contributed by atoms with Crippen molar-refractivity contribution in [2.75, 3.05) is 13.2 Å². The van der Waals surface area contributed by atoms with Gasteiger partial charge in [-0.15, -0.1) is 0 Å². The van der Waals surface area contributed by atoms with Crippen LogP contribution in [0.4, 0.5) is 0 Å². The Hall–Kier alpha value is -0.643. The van der Waals surface area contributed by atoms with Gasteiger partial charge in [0.05, 0.1) is 6.61 Å². The van der Waals surface area contributed by atoms with Gasteiger partial charge in [0, 0.05) is 19.1 Å². The summed E-state index contributed by atoms with van der Waals surface area (Å²) in [7, 11) is -1.58. The van der Waals surface area contributed by atoms with Crippen LogP contribution in [0.5, 0.6) is 0 Å². The third-order valence-corrected chi connectivity index (χ3v) is 9.00. The average molecular weight is 277 g/mol. The van der Waals surface area contributed by atoms with E-state index in [2.05, 4.69) is 69.1 Å². The highest BCUT2D eigenvalue weighted by Gasteiger charge is 2.40. The SMILES string of the molecule is CC(C)(C)[Si](C)(C)OCC1CN1Cc1ccccc1. The Kier molecular flexibility index (Phi) is 4.19. The maximum atomic E-state index is 6.28. The second kappa shape index (κ2) is 5.39. The first-order chi connectivity index (χ1) is 8.79. The molecule has 0 spiro atoms. The molecular weight excluding hydrogens is 250 g/mol. The molecule has 1 heterocycles. The van der Waals surface area contributed by atoms with Gasteiger partial charge in [0.1, 0.15) is 0 Å². The van der Waals surface area contributed by atoms with Crippen LogP contribution in [-0.2, 0) is 11.0 Å². The summed E-state index contributed by atoms with van der Waals surface area (Å²) >= 11 is 0. The molecule has 1 aromatic rings. The maximum Gasteiger partial charge on any atom is 0.192 e. The number of hydrogen-bond acceptors (Lipinski definition) is 2. The molecule has 1 aliphatic heterocycles. The minimum Gasteiger partial charge on any atom is -0.415 e. The van der Waals surface area contributed by atoms with Crippen LogP contribution in [0.25, 0.3) is 0 Å². The Balaban J connectivity index is 1.76. The Bertz CT molecular complexity index is 411. The molecule has 0 amide bonds. The topological polar surface area (TPSA) is 12.2 Å². The second-order valence-electron chi connectivity index (χ2n) is 7.14. The first-order valence-electron chi connectivity index (χ1n) is 7.21. The number of hydrogen-bond donors (Lipinski definition) is 0. The zero-order valence-electron chi connectivity index (χ0n) is 12.9. The summed E-state index contributed by atoms with van der Waals surface area (Å²) in [4.78, 5) is 2.49. The summed E-state index contributed by atoms with van der Waals surface area (Å²) in [5.41, 5.74) is 1.40. The van der Waals surface area contributed by atoms with Crippen molar-refractivity contribution < 1.29 is 4.43 Å². The summed E-state index contributed by atoms with van der Waals surface area (Å²) in [5, 5.41) is 0.312. The van der Waals surface area contributed by atoms with Gasteiger partial charge in [-0.25, -0.2) is 0 Å². The van der Waals surface area contributed by atoms with Crippen molar-refractivity contribution in [2.24, 2.45) is 0 Å². The third kappa shape index (κ3) is 3.91. The van der Waals surface area contributed by atoms with E-state index in [1.165, 1.54) is 12.1 Å².